The number of carbonyl (C=O) groups excluding carboxylic acids is 2. The molecule has 1 aliphatic heterocycles. The van der Waals surface area contributed by atoms with Gasteiger partial charge in [-0.3, -0.25) is 9.59 Å². The van der Waals surface area contributed by atoms with E-state index < -0.39 is 0 Å². The molecule has 1 aromatic carbocycles. The Kier molecular flexibility index (Phi) is 4.61. The maximum atomic E-state index is 12.3. The van der Waals surface area contributed by atoms with E-state index in [1.165, 1.54) is 0 Å². The van der Waals surface area contributed by atoms with E-state index in [-0.39, 0.29) is 18.4 Å². The van der Waals surface area contributed by atoms with E-state index in [1.807, 2.05) is 6.07 Å². The van der Waals surface area contributed by atoms with Gasteiger partial charge in [-0.05, 0) is 24.1 Å². The summed E-state index contributed by atoms with van der Waals surface area (Å²) in [6.07, 6.45) is 0. The van der Waals surface area contributed by atoms with Crippen LogP contribution in [0, 0.1) is 5.92 Å². The Balaban J connectivity index is 2.05. The molecule has 0 spiro atoms. The molecule has 0 bridgehead atoms. The van der Waals surface area contributed by atoms with Crippen LogP contribution in [-0.4, -0.2) is 43.0 Å². The Morgan fingerprint density at radius 1 is 1.45 bits per heavy atom. The summed E-state index contributed by atoms with van der Waals surface area (Å²) in [6.45, 7) is 5.93. The van der Waals surface area contributed by atoms with Gasteiger partial charge in [0.25, 0.3) is 5.91 Å². The minimum absolute atomic E-state index is 0.114. The SMILES string of the molecule is CC(C)COc1cccc(C(=O)N2CCNC(=O)C2)c1. The Bertz CT molecular complexity index is 500. The zero-order valence-electron chi connectivity index (χ0n) is 11.9. The fourth-order valence-corrected chi connectivity index (χ4v) is 1.98. The van der Waals surface area contributed by atoms with Crippen molar-refractivity contribution in [2.24, 2.45) is 5.92 Å². The number of amides is 2. The molecule has 0 aliphatic carbocycles. The molecule has 0 aromatic heterocycles. The van der Waals surface area contributed by atoms with Crippen molar-refractivity contribution >= 4 is 11.8 Å². The molecule has 1 N–H and O–H groups in total. The predicted octanol–water partition coefficient (Wildman–Crippen LogP) is 1.29. The molecule has 5 heteroatoms. The van der Waals surface area contributed by atoms with Crippen LogP contribution in [0.1, 0.15) is 24.2 Å². The van der Waals surface area contributed by atoms with Crippen molar-refractivity contribution in [2.75, 3.05) is 26.2 Å². The van der Waals surface area contributed by atoms with Gasteiger partial charge in [-0.15, -0.1) is 0 Å². The summed E-state index contributed by atoms with van der Waals surface area (Å²) in [5.41, 5.74) is 0.556. The number of nitrogens with one attached hydrogen (secondary N) is 1. The van der Waals surface area contributed by atoms with Crippen LogP contribution in [0.4, 0.5) is 0 Å². The molecule has 108 valence electrons. The number of rotatable bonds is 4. The summed E-state index contributed by atoms with van der Waals surface area (Å²) < 4.78 is 5.62. The minimum Gasteiger partial charge on any atom is -0.493 e. The van der Waals surface area contributed by atoms with Crippen LogP contribution in [0.5, 0.6) is 5.75 Å². The molecular formula is C15H20N2O3. The number of hydrogen-bond donors (Lipinski definition) is 1. The van der Waals surface area contributed by atoms with Crippen molar-refractivity contribution < 1.29 is 14.3 Å². The Labute approximate surface area is 118 Å². The summed E-state index contributed by atoms with van der Waals surface area (Å²) in [6, 6.07) is 7.11. The average molecular weight is 276 g/mol. The second-order valence-corrected chi connectivity index (χ2v) is 5.31. The van der Waals surface area contributed by atoms with Gasteiger partial charge in [0.2, 0.25) is 5.91 Å². The Morgan fingerprint density at radius 2 is 2.25 bits per heavy atom. The standard InChI is InChI=1S/C15H20N2O3/c1-11(2)10-20-13-5-3-4-12(8-13)15(19)17-7-6-16-14(18)9-17/h3-5,8,11H,6-7,9-10H2,1-2H3,(H,16,18). The highest BCUT2D eigenvalue weighted by Crippen LogP contribution is 2.16. The molecule has 2 amide bonds. The van der Waals surface area contributed by atoms with E-state index in [0.717, 1.165) is 0 Å². The lowest BCUT2D eigenvalue weighted by atomic mass is 10.1. The second-order valence-electron chi connectivity index (χ2n) is 5.31. The van der Waals surface area contributed by atoms with Gasteiger partial charge in [0.15, 0.2) is 0 Å². The molecule has 0 atom stereocenters. The quantitative estimate of drug-likeness (QED) is 0.901. The summed E-state index contributed by atoms with van der Waals surface area (Å²) >= 11 is 0. The lowest BCUT2D eigenvalue weighted by Crippen LogP contribution is -2.49. The van der Waals surface area contributed by atoms with Crippen molar-refractivity contribution in [3.63, 3.8) is 0 Å². The first kappa shape index (κ1) is 14.4. The van der Waals surface area contributed by atoms with Gasteiger partial charge in [0, 0.05) is 18.7 Å². The maximum absolute atomic E-state index is 12.3. The number of ether oxygens (including phenoxy) is 1. The minimum atomic E-state index is -0.130. The number of carbonyl (C=O) groups is 2. The normalized spacial score (nSPS) is 15.2. The highest BCUT2D eigenvalue weighted by Gasteiger charge is 2.22. The van der Waals surface area contributed by atoms with Crippen molar-refractivity contribution in [1.82, 2.24) is 10.2 Å². The molecule has 1 aromatic rings. The zero-order valence-corrected chi connectivity index (χ0v) is 11.9. The highest BCUT2D eigenvalue weighted by atomic mass is 16.5. The number of benzene rings is 1. The molecule has 0 unspecified atom stereocenters. The van der Waals surface area contributed by atoms with Crippen molar-refractivity contribution in [3.05, 3.63) is 29.8 Å². The largest absolute Gasteiger partial charge is 0.493 e. The van der Waals surface area contributed by atoms with Gasteiger partial charge in [-0.25, -0.2) is 0 Å². The third-order valence-corrected chi connectivity index (χ3v) is 2.99. The molecule has 1 aliphatic rings. The van der Waals surface area contributed by atoms with E-state index in [4.69, 9.17) is 4.74 Å². The molecular weight excluding hydrogens is 256 g/mol. The van der Waals surface area contributed by atoms with Crippen LogP contribution in [0.3, 0.4) is 0 Å². The first-order chi connectivity index (χ1) is 9.56. The number of nitrogens with zero attached hydrogens (tertiary/aromatic N) is 1. The molecule has 5 nitrogen and oxygen atoms in total. The first-order valence-electron chi connectivity index (χ1n) is 6.85. The monoisotopic (exact) mass is 276 g/mol. The van der Waals surface area contributed by atoms with Gasteiger partial charge in [0.05, 0.1) is 13.2 Å². The summed E-state index contributed by atoms with van der Waals surface area (Å²) in [4.78, 5) is 25.2. The lowest BCUT2D eigenvalue weighted by molar-refractivity contribution is -0.123. The van der Waals surface area contributed by atoms with Crippen LogP contribution >= 0.6 is 0 Å². The van der Waals surface area contributed by atoms with E-state index in [1.54, 1.807) is 23.1 Å². The zero-order chi connectivity index (χ0) is 14.5. The Morgan fingerprint density at radius 3 is 2.95 bits per heavy atom. The average Bonchev–Trinajstić information content (AvgIpc) is 2.44. The first-order valence-corrected chi connectivity index (χ1v) is 6.85. The van der Waals surface area contributed by atoms with E-state index in [9.17, 15) is 9.59 Å². The molecule has 1 heterocycles. The van der Waals surface area contributed by atoms with Gasteiger partial charge in [-0.2, -0.15) is 0 Å². The van der Waals surface area contributed by atoms with Crippen molar-refractivity contribution in [2.45, 2.75) is 13.8 Å². The number of piperazine rings is 1. The highest BCUT2D eigenvalue weighted by molar-refractivity contribution is 5.97. The number of hydrogen-bond acceptors (Lipinski definition) is 3. The Hall–Kier alpha value is -2.04. The molecule has 0 saturated carbocycles. The molecule has 1 saturated heterocycles. The molecule has 0 radical (unpaired) electrons. The summed E-state index contributed by atoms with van der Waals surface area (Å²) in [5, 5.41) is 2.70. The second kappa shape index (κ2) is 6.41. The third-order valence-electron chi connectivity index (χ3n) is 2.99. The fraction of sp³-hybridized carbons (Fsp3) is 0.467. The topological polar surface area (TPSA) is 58.6 Å². The van der Waals surface area contributed by atoms with Gasteiger partial charge < -0.3 is 15.0 Å². The summed E-state index contributed by atoms with van der Waals surface area (Å²) in [7, 11) is 0. The van der Waals surface area contributed by atoms with Gasteiger partial charge >= 0.3 is 0 Å². The molecule has 2 rings (SSSR count). The van der Waals surface area contributed by atoms with Gasteiger partial charge in [-0.1, -0.05) is 19.9 Å². The van der Waals surface area contributed by atoms with Crippen LogP contribution < -0.4 is 10.1 Å². The summed E-state index contributed by atoms with van der Waals surface area (Å²) in [5.74, 6) is 0.873. The van der Waals surface area contributed by atoms with E-state index in [2.05, 4.69) is 19.2 Å². The van der Waals surface area contributed by atoms with Crippen LogP contribution in [0.15, 0.2) is 24.3 Å². The van der Waals surface area contributed by atoms with Gasteiger partial charge in [0.1, 0.15) is 5.75 Å². The van der Waals surface area contributed by atoms with Crippen molar-refractivity contribution in [1.29, 1.82) is 0 Å². The lowest BCUT2D eigenvalue weighted by Gasteiger charge is -2.26. The molecule has 20 heavy (non-hydrogen) atoms. The van der Waals surface area contributed by atoms with Crippen molar-refractivity contribution in [3.8, 4) is 5.75 Å². The van der Waals surface area contributed by atoms with E-state index in [0.29, 0.717) is 36.9 Å². The van der Waals surface area contributed by atoms with Crippen LogP contribution in [0.2, 0.25) is 0 Å². The predicted molar refractivity (Wildman–Crippen MR) is 75.7 cm³/mol. The fourth-order valence-electron chi connectivity index (χ4n) is 1.98. The van der Waals surface area contributed by atoms with Crippen LogP contribution in [-0.2, 0) is 4.79 Å². The molecule has 1 fully saturated rings. The smallest absolute Gasteiger partial charge is 0.254 e. The van der Waals surface area contributed by atoms with Crippen LogP contribution in [0.25, 0.3) is 0 Å². The third kappa shape index (κ3) is 3.73. The maximum Gasteiger partial charge on any atom is 0.254 e. The van der Waals surface area contributed by atoms with E-state index >= 15 is 0 Å².